The number of aromatic nitrogens is 1. The first-order valence-corrected chi connectivity index (χ1v) is 7.82. The summed E-state index contributed by atoms with van der Waals surface area (Å²) in [5.74, 6) is 0.0776. The molecular formula is C15H17N3O3S. The van der Waals surface area contributed by atoms with Gasteiger partial charge < -0.3 is 5.32 Å². The third-order valence-electron chi connectivity index (χ3n) is 3.10. The molecule has 0 unspecified atom stereocenters. The summed E-state index contributed by atoms with van der Waals surface area (Å²) in [6, 6.07) is 5.70. The van der Waals surface area contributed by atoms with Crippen LogP contribution in [-0.4, -0.2) is 22.4 Å². The minimum atomic E-state index is -0.514. The molecule has 0 saturated heterocycles. The molecule has 0 spiro atoms. The van der Waals surface area contributed by atoms with Gasteiger partial charge >= 0.3 is 0 Å². The topological polar surface area (TPSA) is 85.1 Å². The maximum absolute atomic E-state index is 12.0. The van der Waals surface area contributed by atoms with Crippen LogP contribution in [0.3, 0.4) is 0 Å². The first-order chi connectivity index (χ1) is 10.5. The first kappa shape index (κ1) is 16.1. The van der Waals surface area contributed by atoms with Crippen LogP contribution in [0.25, 0.3) is 0 Å². The van der Waals surface area contributed by atoms with Crippen LogP contribution in [0.15, 0.2) is 29.6 Å². The molecule has 0 fully saturated rings. The molecule has 1 N–H and O–H groups in total. The van der Waals surface area contributed by atoms with E-state index >= 15 is 0 Å². The highest BCUT2D eigenvalue weighted by atomic mass is 32.1. The average molecular weight is 319 g/mol. The van der Waals surface area contributed by atoms with E-state index in [1.165, 1.54) is 18.2 Å². The molecule has 0 radical (unpaired) electrons. The van der Waals surface area contributed by atoms with Crippen molar-refractivity contribution in [3.63, 3.8) is 0 Å². The molecule has 0 aliphatic carbocycles. The van der Waals surface area contributed by atoms with Gasteiger partial charge in [0.25, 0.3) is 11.6 Å². The van der Waals surface area contributed by atoms with Crippen LogP contribution in [0.5, 0.6) is 0 Å². The van der Waals surface area contributed by atoms with Gasteiger partial charge in [-0.2, -0.15) is 0 Å². The van der Waals surface area contributed by atoms with Crippen LogP contribution in [0.2, 0.25) is 0 Å². The lowest BCUT2D eigenvalue weighted by Crippen LogP contribution is -2.25. The summed E-state index contributed by atoms with van der Waals surface area (Å²) in [5.41, 5.74) is 1.26. The van der Waals surface area contributed by atoms with Crippen molar-refractivity contribution >= 4 is 22.9 Å². The number of nitro benzene ring substituents is 1. The molecule has 0 aliphatic heterocycles. The second-order valence-corrected chi connectivity index (χ2v) is 6.08. The molecule has 2 aromatic rings. The standard InChI is InChI=1S/C15H17N3O3S/c1-10(2)13-9-22-14(17-13)6-7-16-15(19)11-4-3-5-12(8-11)18(20)21/h3-5,8-10H,6-7H2,1-2H3,(H,16,19). The van der Waals surface area contributed by atoms with E-state index in [-0.39, 0.29) is 17.2 Å². The molecular weight excluding hydrogens is 302 g/mol. The van der Waals surface area contributed by atoms with Crippen molar-refractivity contribution in [1.29, 1.82) is 0 Å². The number of carbonyl (C=O) groups is 1. The summed E-state index contributed by atoms with van der Waals surface area (Å²) in [5, 5.41) is 16.5. The normalized spacial score (nSPS) is 10.7. The van der Waals surface area contributed by atoms with Crippen LogP contribution >= 0.6 is 11.3 Å². The Morgan fingerprint density at radius 2 is 2.23 bits per heavy atom. The quantitative estimate of drug-likeness (QED) is 0.654. The zero-order chi connectivity index (χ0) is 16.1. The number of amides is 1. The number of carbonyl (C=O) groups excluding carboxylic acids is 1. The van der Waals surface area contributed by atoms with E-state index in [1.54, 1.807) is 17.4 Å². The lowest BCUT2D eigenvalue weighted by molar-refractivity contribution is -0.384. The van der Waals surface area contributed by atoms with Gasteiger partial charge in [0, 0.05) is 36.0 Å². The number of nitrogens with zero attached hydrogens (tertiary/aromatic N) is 2. The van der Waals surface area contributed by atoms with Gasteiger partial charge in [-0.15, -0.1) is 11.3 Å². The SMILES string of the molecule is CC(C)c1csc(CCNC(=O)c2cccc([N+](=O)[O-])c2)n1. The van der Waals surface area contributed by atoms with Crippen LogP contribution in [0.4, 0.5) is 5.69 Å². The summed E-state index contributed by atoms with van der Waals surface area (Å²) >= 11 is 1.58. The number of thiazole rings is 1. The Morgan fingerprint density at radius 1 is 1.45 bits per heavy atom. The van der Waals surface area contributed by atoms with Gasteiger partial charge in [0.15, 0.2) is 0 Å². The summed E-state index contributed by atoms with van der Waals surface area (Å²) in [6.45, 7) is 4.62. The molecule has 0 saturated carbocycles. The van der Waals surface area contributed by atoms with Gasteiger partial charge in [-0.25, -0.2) is 4.98 Å². The van der Waals surface area contributed by atoms with Crippen molar-refractivity contribution in [3.8, 4) is 0 Å². The van der Waals surface area contributed by atoms with Crippen molar-refractivity contribution in [2.24, 2.45) is 0 Å². The number of hydrogen-bond acceptors (Lipinski definition) is 5. The third-order valence-corrected chi connectivity index (χ3v) is 4.03. The van der Waals surface area contributed by atoms with Crippen molar-refractivity contribution in [2.75, 3.05) is 6.54 Å². The highest BCUT2D eigenvalue weighted by Crippen LogP contribution is 2.18. The summed E-state index contributed by atoms with van der Waals surface area (Å²) in [6.07, 6.45) is 0.651. The Labute approximate surface area is 132 Å². The van der Waals surface area contributed by atoms with E-state index in [2.05, 4.69) is 24.1 Å². The summed E-state index contributed by atoms with van der Waals surface area (Å²) in [4.78, 5) is 26.7. The third kappa shape index (κ3) is 4.11. The van der Waals surface area contributed by atoms with Gasteiger partial charge in [-0.1, -0.05) is 19.9 Å². The average Bonchev–Trinajstić information content (AvgIpc) is 2.96. The smallest absolute Gasteiger partial charge is 0.270 e. The maximum Gasteiger partial charge on any atom is 0.270 e. The molecule has 6 nitrogen and oxygen atoms in total. The van der Waals surface area contributed by atoms with Crippen LogP contribution in [-0.2, 0) is 6.42 Å². The number of nitro groups is 1. The van der Waals surface area contributed by atoms with Crippen LogP contribution in [0.1, 0.15) is 40.8 Å². The fourth-order valence-corrected chi connectivity index (χ4v) is 2.81. The Bertz CT molecular complexity index is 682. The lowest BCUT2D eigenvalue weighted by Gasteiger charge is -2.04. The van der Waals surface area contributed by atoms with E-state index < -0.39 is 4.92 Å². The van der Waals surface area contributed by atoms with E-state index in [0.29, 0.717) is 18.9 Å². The Morgan fingerprint density at radius 3 is 2.86 bits per heavy atom. The molecule has 0 atom stereocenters. The maximum atomic E-state index is 12.0. The minimum Gasteiger partial charge on any atom is -0.352 e. The molecule has 22 heavy (non-hydrogen) atoms. The molecule has 1 aromatic carbocycles. The first-order valence-electron chi connectivity index (χ1n) is 6.94. The van der Waals surface area contributed by atoms with Crippen molar-refractivity contribution < 1.29 is 9.72 Å². The van der Waals surface area contributed by atoms with Gasteiger partial charge in [-0.05, 0) is 12.0 Å². The number of non-ortho nitro benzene ring substituents is 1. The summed E-state index contributed by atoms with van der Waals surface area (Å²) in [7, 11) is 0. The fourth-order valence-electron chi connectivity index (χ4n) is 1.85. The van der Waals surface area contributed by atoms with E-state index in [9.17, 15) is 14.9 Å². The number of rotatable bonds is 6. The largest absolute Gasteiger partial charge is 0.352 e. The molecule has 116 valence electrons. The van der Waals surface area contributed by atoms with Gasteiger partial charge in [0.2, 0.25) is 0 Å². The van der Waals surface area contributed by atoms with Gasteiger partial charge in [-0.3, -0.25) is 14.9 Å². The number of benzene rings is 1. The zero-order valence-electron chi connectivity index (χ0n) is 12.4. The molecule has 2 rings (SSSR count). The van der Waals surface area contributed by atoms with Crippen molar-refractivity contribution in [3.05, 3.63) is 56.0 Å². The van der Waals surface area contributed by atoms with Crippen LogP contribution in [0, 0.1) is 10.1 Å². The Hall–Kier alpha value is -2.28. The number of hydrogen-bond donors (Lipinski definition) is 1. The predicted octanol–water partition coefficient (Wildman–Crippen LogP) is 3.15. The van der Waals surface area contributed by atoms with Crippen molar-refractivity contribution in [1.82, 2.24) is 10.3 Å². The van der Waals surface area contributed by atoms with Crippen molar-refractivity contribution in [2.45, 2.75) is 26.2 Å². The predicted molar refractivity (Wildman–Crippen MR) is 85.3 cm³/mol. The van der Waals surface area contributed by atoms with E-state index in [4.69, 9.17) is 0 Å². The van der Waals surface area contributed by atoms with Gasteiger partial charge in [0.1, 0.15) is 0 Å². The molecule has 7 heteroatoms. The van der Waals surface area contributed by atoms with Gasteiger partial charge in [0.05, 0.1) is 15.6 Å². The molecule has 1 heterocycles. The molecule has 0 bridgehead atoms. The second kappa shape index (κ2) is 7.13. The summed E-state index contributed by atoms with van der Waals surface area (Å²) < 4.78 is 0. The molecule has 0 aliphatic rings. The lowest BCUT2D eigenvalue weighted by atomic mass is 10.2. The zero-order valence-corrected chi connectivity index (χ0v) is 13.2. The second-order valence-electron chi connectivity index (χ2n) is 5.13. The van der Waals surface area contributed by atoms with Crippen LogP contribution < -0.4 is 5.32 Å². The monoisotopic (exact) mass is 319 g/mol. The number of nitrogens with one attached hydrogen (secondary N) is 1. The van der Waals surface area contributed by atoms with E-state index in [1.807, 2.05) is 5.38 Å². The fraction of sp³-hybridized carbons (Fsp3) is 0.333. The molecule has 1 aromatic heterocycles. The highest BCUT2D eigenvalue weighted by Gasteiger charge is 2.11. The molecule has 1 amide bonds. The highest BCUT2D eigenvalue weighted by molar-refractivity contribution is 7.09. The van der Waals surface area contributed by atoms with E-state index in [0.717, 1.165) is 10.7 Å². The Balaban J connectivity index is 1.89. The minimum absolute atomic E-state index is 0.0888. The Kier molecular flexibility index (Phi) is 5.21.